The molecule has 0 radical (unpaired) electrons. The maximum atomic E-state index is 14.9. The molecule has 0 aliphatic carbocycles. The van der Waals surface area contributed by atoms with Gasteiger partial charge < -0.3 is 15.4 Å². The number of rotatable bonds is 8. The molecule has 3 heterocycles. The van der Waals surface area contributed by atoms with E-state index in [1.807, 2.05) is 0 Å². The number of amides is 2. The second kappa shape index (κ2) is 11.4. The highest BCUT2D eigenvalue weighted by atomic mass is 19.4. The molecule has 1 aromatic carbocycles. The Morgan fingerprint density at radius 3 is 2.44 bits per heavy atom. The number of nitrogens with two attached hydrogens (primary N) is 1. The lowest BCUT2D eigenvalue weighted by molar-refractivity contribution is -0.288. The zero-order chi connectivity index (χ0) is 28.4. The number of ether oxygens (including phenoxy) is 1. The summed E-state index contributed by atoms with van der Waals surface area (Å²) in [6, 6.07) is 5.64. The minimum absolute atomic E-state index is 0.0941. The predicted molar refractivity (Wildman–Crippen MR) is 129 cm³/mol. The number of piperidine rings is 1. The van der Waals surface area contributed by atoms with Crippen LogP contribution >= 0.6 is 0 Å². The molecule has 1 aromatic heterocycles. The number of aromatic nitrogens is 1. The number of halogens is 6. The monoisotopic (exact) mass is 558 g/mol. The predicted octanol–water partition coefficient (Wildman–Crippen LogP) is 4.41. The number of alkyl halides is 5. The highest BCUT2D eigenvalue weighted by Crippen LogP contribution is 2.37. The van der Waals surface area contributed by atoms with E-state index in [2.05, 4.69) is 4.98 Å². The fraction of sp³-hybridized carbons (Fsp3) is 0.500. The summed E-state index contributed by atoms with van der Waals surface area (Å²) in [5.41, 5.74) is 5.89. The van der Waals surface area contributed by atoms with Crippen LogP contribution in [-0.2, 0) is 4.79 Å². The van der Waals surface area contributed by atoms with Crippen molar-refractivity contribution in [3.63, 3.8) is 0 Å². The molecule has 4 rings (SSSR count). The van der Waals surface area contributed by atoms with Crippen molar-refractivity contribution in [2.24, 2.45) is 5.73 Å². The number of hydrogen-bond acceptors (Lipinski definition) is 5. The summed E-state index contributed by atoms with van der Waals surface area (Å²) >= 11 is 0. The molecule has 13 heteroatoms. The van der Waals surface area contributed by atoms with E-state index >= 15 is 0 Å². The zero-order valence-corrected chi connectivity index (χ0v) is 20.9. The summed E-state index contributed by atoms with van der Waals surface area (Å²) < 4.78 is 85.7. The lowest BCUT2D eigenvalue weighted by atomic mass is 10.0. The van der Waals surface area contributed by atoms with Crippen molar-refractivity contribution in [3.05, 3.63) is 47.9 Å². The van der Waals surface area contributed by atoms with Crippen LogP contribution in [0.5, 0.6) is 5.75 Å². The van der Waals surface area contributed by atoms with Crippen LogP contribution in [0.4, 0.5) is 26.3 Å². The van der Waals surface area contributed by atoms with E-state index in [9.17, 15) is 35.9 Å². The quantitative estimate of drug-likeness (QED) is 0.485. The molecule has 2 amide bonds. The van der Waals surface area contributed by atoms with Gasteiger partial charge in [0.25, 0.3) is 5.91 Å². The van der Waals surface area contributed by atoms with E-state index in [1.165, 1.54) is 35.4 Å². The molecule has 1 unspecified atom stereocenters. The Hall–Kier alpha value is -3.35. The normalized spacial score (nSPS) is 20.7. The number of pyridine rings is 1. The number of carbonyl (C=O) groups is 2. The van der Waals surface area contributed by atoms with Crippen molar-refractivity contribution in [2.45, 2.75) is 56.3 Å². The molecule has 0 spiro atoms. The van der Waals surface area contributed by atoms with E-state index < -0.39 is 48.4 Å². The van der Waals surface area contributed by atoms with Crippen LogP contribution < -0.4 is 10.5 Å². The lowest BCUT2D eigenvalue weighted by Crippen LogP contribution is -2.53. The van der Waals surface area contributed by atoms with Crippen molar-refractivity contribution in [3.8, 4) is 17.0 Å². The van der Waals surface area contributed by atoms with Crippen molar-refractivity contribution in [1.82, 2.24) is 14.8 Å². The molecule has 2 aromatic rings. The van der Waals surface area contributed by atoms with Crippen molar-refractivity contribution < 1.29 is 40.7 Å². The largest absolute Gasteiger partial charge is 0.490 e. The summed E-state index contributed by atoms with van der Waals surface area (Å²) in [4.78, 5) is 31.0. The Kier molecular flexibility index (Phi) is 8.38. The molecule has 2 atom stereocenters. The van der Waals surface area contributed by atoms with Gasteiger partial charge in [-0.15, -0.1) is 0 Å². The van der Waals surface area contributed by atoms with Crippen molar-refractivity contribution in [1.29, 1.82) is 0 Å². The van der Waals surface area contributed by atoms with Gasteiger partial charge in [0, 0.05) is 18.2 Å². The second-order valence-electron chi connectivity index (χ2n) is 9.77. The van der Waals surface area contributed by atoms with Crippen LogP contribution in [0, 0.1) is 5.82 Å². The summed E-state index contributed by atoms with van der Waals surface area (Å²) in [6.45, 7) is -1.10. The average Bonchev–Trinajstić information content (AvgIpc) is 3.38. The van der Waals surface area contributed by atoms with Gasteiger partial charge in [0.2, 0.25) is 5.91 Å². The Morgan fingerprint density at radius 1 is 1.03 bits per heavy atom. The number of nitrogens with zero attached hydrogens (tertiary/aromatic N) is 3. The van der Waals surface area contributed by atoms with Crippen molar-refractivity contribution in [2.75, 3.05) is 26.2 Å². The van der Waals surface area contributed by atoms with Gasteiger partial charge in [-0.2, -0.15) is 22.0 Å². The van der Waals surface area contributed by atoms with Crippen LogP contribution in [0.15, 0.2) is 36.5 Å². The summed E-state index contributed by atoms with van der Waals surface area (Å²) in [5, 5.41) is 0. The van der Waals surface area contributed by atoms with Gasteiger partial charge in [0.15, 0.2) is 0 Å². The summed E-state index contributed by atoms with van der Waals surface area (Å²) in [5.74, 6) is -6.60. The fourth-order valence-electron chi connectivity index (χ4n) is 4.94. The van der Waals surface area contributed by atoms with Gasteiger partial charge in [-0.3, -0.25) is 19.5 Å². The SMILES string of the molecule is NC(=O)[C@@H]1CCCN1C(=O)c1ccc(-c2ccc(OCC3CCCCN3CC(F)(F)C(F)(F)F)cn2)cc1F. The third-order valence-electron chi connectivity index (χ3n) is 7.08. The fourth-order valence-corrected chi connectivity index (χ4v) is 4.94. The van der Waals surface area contributed by atoms with Crippen LogP contribution in [0.1, 0.15) is 42.5 Å². The molecule has 0 saturated carbocycles. The average molecular weight is 559 g/mol. The van der Waals surface area contributed by atoms with Crippen LogP contribution in [0.2, 0.25) is 0 Å². The molecule has 2 aliphatic heterocycles. The lowest BCUT2D eigenvalue weighted by Gasteiger charge is -2.37. The third kappa shape index (κ3) is 6.45. The second-order valence-corrected chi connectivity index (χ2v) is 9.77. The van der Waals surface area contributed by atoms with Gasteiger partial charge in [-0.1, -0.05) is 12.5 Å². The maximum Gasteiger partial charge on any atom is 0.454 e. The molecule has 7 nitrogen and oxygen atoms in total. The van der Waals surface area contributed by atoms with Gasteiger partial charge >= 0.3 is 12.1 Å². The summed E-state index contributed by atoms with van der Waals surface area (Å²) in [6.07, 6.45) is -1.64. The van der Waals surface area contributed by atoms with E-state index in [4.69, 9.17) is 10.5 Å². The third-order valence-corrected chi connectivity index (χ3v) is 7.08. The zero-order valence-electron chi connectivity index (χ0n) is 20.9. The van der Waals surface area contributed by atoms with Crippen molar-refractivity contribution >= 4 is 11.8 Å². The topological polar surface area (TPSA) is 88.8 Å². The van der Waals surface area contributed by atoms with Crippen LogP contribution in [0.25, 0.3) is 11.3 Å². The van der Waals surface area contributed by atoms with Gasteiger partial charge in [0.05, 0.1) is 24.0 Å². The molecule has 2 saturated heterocycles. The molecule has 212 valence electrons. The van der Waals surface area contributed by atoms with E-state index in [-0.39, 0.29) is 24.5 Å². The maximum absolute atomic E-state index is 14.9. The Bertz CT molecular complexity index is 1190. The first kappa shape index (κ1) is 28.7. The number of hydrogen-bond donors (Lipinski definition) is 1. The molecule has 2 aliphatic rings. The number of benzene rings is 1. The smallest absolute Gasteiger partial charge is 0.454 e. The standard InChI is InChI=1S/C26H28F6N4O3/c27-20-12-16(6-8-19(20)24(38)36-11-3-5-22(36)23(33)37)21-9-7-18(13-34-21)39-14-17-4-1-2-10-35(17)15-25(28,29)26(30,31)32/h6-9,12-13,17,22H,1-5,10-11,14-15H2,(H2,33,37)/t17?,22-/m0/s1. The molecule has 2 N–H and O–H groups in total. The van der Waals surface area contributed by atoms with E-state index in [0.717, 1.165) is 11.0 Å². The molecule has 2 fully saturated rings. The molecular weight excluding hydrogens is 530 g/mol. The molecule has 39 heavy (non-hydrogen) atoms. The van der Waals surface area contributed by atoms with E-state index in [1.54, 1.807) is 0 Å². The Balaban J connectivity index is 1.39. The number of primary amides is 1. The Labute approximate surface area is 220 Å². The molecular formula is C26H28F6N4O3. The van der Waals surface area contributed by atoms with Gasteiger partial charge in [-0.25, -0.2) is 4.39 Å². The van der Waals surface area contributed by atoms with E-state index in [0.29, 0.717) is 49.9 Å². The number of carbonyl (C=O) groups excluding carboxylic acids is 2. The van der Waals surface area contributed by atoms with Gasteiger partial charge in [0.1, 0.15) is 24.2 Å². The first-order valence-corrected chi connectivity index (χ1v) is 12.5. The van der Waals surface area contributed by atoms with Gasteiger partial charge in [-0.05, 0) is 56.5 Å². The highest BCUT2D eigenvalue weighted by Gasteiger charge is 2.58. The first-order chi connectivity index (χ1) is 18.4. The Morgan fingerprint density at radius 2 is 1.79 bits per heavy atom. The van der Waals surface area contributed by atoms with Crippen LogP contribution in [-0.4, -0.2) is 77.0 Å². The molecule has 0 bridgehead atoms. The van der Waals surface area contributed by atoms with Crippen LogP contribution in [0.3, 0.4) is 0 Å². The first-order valence-electron chi connectivity index (χ1n) is 12.5. The highest BCUT2D eigenvalue weighted by molar-refractivity contribution is 5.98. The minimum atomic E-state index is -5.62. The number of likely N-dealkylation sites (tertiary alicyclic amines) is 2. The minimum Gasteiger partial charge on any atom is -0.490 e. The summed E-state index contributed by atoms with van der Waals surface area (Å²) in [7, 11) is 0.